The summed E-state index contributed by atoms with van der Waals surface area (Å²) in [4.78, 5) is 25.8. The number of carbonyl (C=O) groups is 1. The molecule has 1 saturated heterocycles. The van der Waals surface area contributed by atoms with Crippen LogP contribution in [0.4, 0.5) is 19.0 Å². The molecule has 4 rings (SSSR count). The highest BCUT2D eigenvalue weighted by atomic mass is 35.5. The fourth-order valence-electron chi connectivity index (χ4n) is 4.71. The van der Waals surface area contributed by atoms with Gasteiger partial charge in [0.15, 0.2) is 0 Å². The maximum atomic E-state index is 13.4. The molecule has 1 unspecified atom stereocenters. The maximum Gasteiger partial charge on any atom is 0.401 e. The van der Waals surface area contributed by atoms with Gasteiger partial charge in [-0.1, -0.05) is 30.7 Å². The molecule has 2 heterocycles. The first-order valence-corrected chi connectivity index (χ1v) is 11.6. The average Bonchev–Trinajstić information content (AvgIpc) is 3.10. The summed E-state index contributed by atoms with van der Waals surface area (Å²) >= 11 is 5.95. The molecule has 1 fully saturated rings. The highest BCUT2D eigenvalue weighted by Gasteiger charge is 2.35. The van der Waals surface area contributed by atoms with Crippen LogP contribution >= 0.6 is 11.6 Å². The van der Waals surface area contributed by atoms with Crippen LogP contribution in [0.1, 0.15) is 48.1 Å². The van der Waals surface area contributed by atoms with E-state index in [9.17, 15) is 23.1 Å². The van der Waals surface area contributed by atoms with Crippen molar-refractivity contribution in [2.45, 2.75) is 37.5 Å². The van der Waals surface area contributed by atoms with Crippen molar-refractivity contribution < 1.29 is 23.1 Å². The Kier molecular flexibility index (Phi) is 7.30. The van der Waals surface area contributed by atoms with E-state index in [4.69, 9.17) is 11.6 Å². The van der Waals surface area contributed by atoms with Gasteiger partial charge < -0.3 is 20.2 Å². The number of amides is 1. The summed E-state index contributed by atoms with van der Waals surface area (Å²) in [6, 6.07) is 6.61. The van der Waals surface area contributed by atoms with Gasteiger partial charge in [0.2, 0.25) is 5.91 Å². The smallest absolute Gasteiger partial charge is 0.387 e. The fourth-order valence-corrected chi connectivity index (χ4v) is 4.84. The van der Waals surface area contributed by atoms with Crippen molar-refractivity contribution in [2.75, 3.05) is 44.2 Å². The first kappa shape index (κ1) is 24.7. The number of hydrogen-bond donors (Lipinski definition) is 2. The molecule has 34 heavy (non-hydrogen) atoms. The van der Waals surface area contributed by atoms with E-state index in [-0.39, 0.29) is 18.4 Å². The summed E-state index contributed by atoms with van der Waals surface area (Å²) in [6.45, 7) is 2.63. The van der Waals surface area contributed by atoms with E-state index in [1.807, 2.05) is 6.92 Å². The molecule has 2 N–H and O–H groups in total. The van der Waals surface area contributed by atoms with Gasteiger partial charge in [0.1, 0.15) is 12.1 Å². The molecule has 0 saturated carbocycles. The zero-order valence-corrected chi connectivity index (χ0v) is 19.5. The number of fused-ring (bicyclic) bond motifs is 1. The van der Waals surface area contributed by atoms with Crippen molar-refractivity contribution in [3.05, 3.63) is 52.4 Å². The lowest BCUT2D eigenvalue weighted by molar-refractivity contribution is -0.135. The molecule has 0 spiro atoms. The molecule has 0 radical (unpaired) electrons. The number of carbonyl (C=O) groups excluding carboxylic acids is 1. The van der Waals surface area contributed by atoms with Gasteiger partial charge in [-0.3, -0.25) is 4.79 Å². The van der Waals surface area contributed by atoms with Crippen LogP contribution in [-0.2, 0) is 4.79 Å². The molecule has 11 heteroatoms. The molecule has 3 atom stereocenters. The van der Waals surface area contributed by atoms with Gasteiger partial charge in [0.25, 0.3) is 0 Å². The number of aliphatic hydroxyl groups is 1. The predicted molar refractivity (Wildman–Crippen MR) is 122 cm³/mol. The van der Waals surface area contributed by atoms with E-state index in [0.717, 1.165) is 11.4 Å². The van der Waals surface area contributed by atoms with Crippen LogP contribution < -0.4 is 10.2 Å². The van der Waals surface area contributed by atoms with Crippen LogP contribution in [0.5, 0.6) is 0 Å². The monoisotopic (exact) mass is 497 g/mol. The lowest BCUT2D eigenvalue weighted by Crippen LogP contribution is -2.51. The van der Waals surface area contributed by atoms with Gasteiger partial charge >= 0.3 is 6.18 Å². The van der Waals surface area contributed by atoms with Gasteiger partial charge in [0.05, 0.1) is 24.3 Å². The quantitative estimate of drug-likeness (QED) is 0.637. The van der Waals surface area contributed by atoms with E-state index >= 15 is 0 Å². The number of nitrogens with one attached hydrogen (secondary N) is 1. The molecule has 0 bridgehead atoms. The minimum absolute atomic E-state index is 0.130. The maximum absolute atomic E-state index is 13.4. The fraction of sp³-hybridized carbons (Fsp3) is 0.522. The van der Waals surface area contributed by atoms with Crippen LogP contribution in [0.2, 0.25) is 5.02 Å². The number of hydrogen-bond acceptors (Lipinski definition) is 6. The van der Waals surface area contributed by atoms with E-state index in [1.165, 1.54) is 6.33 Å². The van der Waals surface area contributed by atoms with Crippen LogP contribution in [-0.4, -0.2) is 71.3 Å². The number of rotatable bonds is 6. The predicted octanol–water partition coefficient (Wildman–Crippen LogP) is 3.25. The number of anilines is 1. The highest BCUT2D eigenvalue weighted by Crippen LogP contribution is 2.42. The third kappa shape index (κ3) is 5.45. The van der Waals surface area contributed by atoms with Gasteiger partial charge in [-0.05, 0) is 30.0 Å². The third-order valence-corrected chi connectivity index (χ3v) is 6.67. The second kappa shape index (κ2) is 10.1. The molecular formula is C23H27ClF3N5O2. The number of piperazine rings is 1. The van der Waals surface area contributed by atoms with Gasteiger partial charge in [-0.25, -0.2) is 9.97 Å². The largest absolute Gasteiger partial charge is 0.401 e. The molecule has 2 aliphatic rings. The van der Waals surface area contributed by atoms with Crippen molar-refractivity contribution in [3.63, 3.8) is 0 Å². The second-order valence-electron chi connectivity index (χ2n) is 8.81. The van der Waals surface area contributed by atoms with Crippen LogP contribution in [0, 0.1) is 0 Å². The second-order valence-corrected chi connectivity index (χ2v) is 9.25. The summed E-state index contributed by atoms with van der Waals surface area (Å²) in [6.07, 6.45) is -2.90. The third-order valence-electron chi connectivity index (χ3n) is 6.41. The summed E-state index contributed by atoms with van der Waals surface area (Å²) < 4.78 is 38.0. The topological polar surface area (TPSA) is 81.6 Å². The Balaban J connectivity index is 1.46. The van der Waals surface area contributed by atoms with Crippen LogP contribution in [0.3, 0.4) is 0 Å². The van der Waals surface area contributed by atoms with Gasteiger partial charge in [-0.15, -0.1) is 0 Å². The first-order chi connectivity index (χ1) is 16.1. The number of alkyl halides is 3. The zero-order valence-electron chi connectivity index (χ0n) is 18.7. The summed E-state index contributed by atoms with van der Waals surface area (Å²) in [5, 5.41) is 13.1. The molecule has 1 aromatic carbocycles. The van der Waals surface area contributed by atoms with Crippen LogP contribution in [0.25, 0.3) is 0 Å². The Morgan fingerprint density at radius 1 is 1.21 bits per heavy atom. The molecule has 184 valence electrons. The molecule has 2 aromatic rings. The summed E-state index contributed by atoms with van der Waals surface area (Å²) in [7, 11) is 0. The normalized spacial score (nSPS) is 21.5. The number of benzene rings is 1. The van der Waals surface area contributed by atoms with Gasteiger partial charge in [0, 0.05) is 43.3 Å². The van der Waals surface area contributed by atoms with Crippen molar-refractivity contribution >= 4 is 23.3 Å². The Morgan fingerprint density at radius 2 is 1.88 bits per heavy atom. The first-order valence-electron chi connectivity index (χ1n) is 11.2. The molecule has 1 aliphatic carbocycles. The SMILES string of the molecule is C[C@@H]1C[C@@H](O)c2ncnc(N3CCN(C(=O)C(CNCC(F)(F)F)c4ccc(Cl)cc4)CC3)c21. The minimum Gasteiger partial charge on any atom is -0.387 e. The number of aliphatic hydroxyl groups excluding tert-OH is 1. The van der Waals surface area contributed by atoms with Crippen molar-refractivity contribution in [1.82, 2.24) is 20.2 Å². The molecular weight excluding hydrogens is 471 g/mol. The Hall–Kier alpha value is -2.43. The highest BCUT2D eigenvalue weighted by molar-refractivity contribution is 6.30. The van der Waals surface area contributed by atoms with Crippen molar-refractivity contribution in [3.8, 4) is 0 Å². The molecule has 1 aromatic heterocycles. The number of halogens is 4. The van der Waals surface area contributed by atoms with Gasteiger partial charge in [-0.2, -0.15) is 13.2 Å². The van der Waals surface area contributed by atoms with Crippen LogP contribution in [0.15, 0.2) is 30.6 Å². The lowest BCUT2D eigenvalue weighted by Gasteiger charge is -2.38. The molecule has 1 aliphatic heterocycles. The van der Waals surface area contributed by atoms with E-state index in [2.05, 4.69) is 20.2 Å². The van der Waals surface area contributed by atoms with E-state index in [0.29, 0.717) is 48.9 Å². The van der Waals surface area contributed by atoms with E-state index < -0.39 is 24.7 Å². The number of aromatic nitrogens is 2. The van der Waals surface area contributed by atoms with E-state index in [1.54, 1.807) is 29.2 Å². The standard InChI is InChI=1S/C23H27ClF3N5O2/c1-14-10-18(33)20-19(14)21(30-13-29-20)31-6-8-32(9-7-31)22(34)17(11-28-12-23(25,26)27)15-2-4-16(24)5-3-15/h2-5,13-14,17-18,28,33H,6-12H2,1H3/t14-,17?,18-/m1/s1. The van der Waals surface area contributed by atoms with Crippen molar-refractivity contribution in [2.24, 2.45) is 0 Å². The zero-order chi connectivity index (χ0) is 24.5. The van der Waals surface area contributed by atoms with Crippen molar-refractivity contribution in [1.29, 1.82) is 0 Å². The molecule has 1 amide bonds. The summed E-state index contributed by atoms with van der Waals surface area (Å²) in [5.74, 6) is -0.0740. The Bertz CT molecular complexity index is 1010. The average molecular weight is 498 g/mol. The molecule has 7 nitrogen and oxygen atoms in total. The minimum atomic E-state index is -4.36. The lowest BCUT2D eigenvalue weighted by atomic mass is 9.97. The Labute approximate surface area is 200 Å². The Morgan fingerprint density at radius 3 is 2.53 bits per heavy atom. The number of nitrogens with zero attached hydrogens (tertiary/aromatic N) is 4. The summed E-state index contributed by atoms with van der Waals surface area (Å²) in [5.41, 5.74) is 2.22.